The molecule has 0 aromatic heterocycles. The van der Waals surface area contributed by atoms with Gasteiger partial charge in [-0.05, 0) is 37.6 Å². The minimum Gasteiger partial charge on any atom is -0.480 e. The topological polar surface area (TPSA) is 76.1 Å². The maximum atomic E-state index is 13.2. The molecule has 0 saturated carbocycles. The molecular weight excluding hydrogens is 446 g/mol. The Kier molecular flexibility index (Phi) is 11.5. The van der Waals surface area contributed by atoms with Gasteiger partial charge in [0.05, 0.1) is 12.2 Å². The molecule has 6 nitrogen and oxygen atoms in total. The lowest BCUT2D eigenvalue weighted by molar-refractivity contribution is -0.159. The Morgan fingerprint density at radius 1 is 0.941 bits per heavy atom. The molecule has 0 radical (unpaired) electrons. The van der Waals surface area contributed by atoms with Crippen molar-refractivity contribution >= 4 is 31.3 Å². The number of aliphatic carboxylic acids is 1. The highest BCUT2D eigenvalue weighted by molar-refractivity contribution is 6.80. The number of carbonyl (C=O) groups is 2. The molecular formula is C27H39NO5Si. The van der Waals surface area contributed by atoms with Gasteiger partial charge >= 0.3 is 5.97 Å². The third-order valence-electron chi connectivity index (χ3n) is 5.48. The maximum absolute atomic E-state index is 13.2. The van der Waals surface area contributed by atoms with Gasteiger partial charge in [-0.3, -0.25) is 4.79 Å². The van der Waals surface area contributed by atoms with Gasteiger partial charge in [0, 0.05) is 6.42 Å². The second-order valence-electron chi connectivity index (χ2n) is 9.45. The third kappa shape index (κ3) is 9.41. The van der Waals surface area contributed by atoms with Gasteiger partial charge in [0.1, 0.15) is 6.73 Å². The van der Waals surface area contributed by atoms with Gasteiger partial charge in [-0.2, -0.15) is 0 Å². The van der Waals surface area contributed by atoms with E-state index in [9.17, 15) is 14.7 Å². The minimum atomic E-state index is -2.14. The summed E-state index contributed by atoms with van der Waals surface area (Å²) < 4.78 is 12.2. The number of nitrogens with zero attached hydrogens (tertiary/aromatic N) is 1. The summed E-state index contributed by atoms with van der Waals surface area (Å²) in [7, 11) is -2.14. The lowest BCUT2D eigenvalue weighted by Crippen LogP contribution is -2.53. The quantitative estimate of drug-likeness (QED) is 0.252. The number of carboxylic acids is 1. The number of amides is 1. The second kappa shape index (κ2) is 14.0. The molecule has 0 spiro atoms. The van der Waals surface area contributed by atoms with Gasteiger partial charge < -0.3 is 19.2 Å². The fourth-order valence-corrected chi connectivity index (χ4v) is 5.82. The molecule has 2 aromatic carbocycles. The van der Waals surface area contributed by atoms with E-state index in [0.717, 1.165) is 36.1 Å². The number of unbranched alkanes of at least 4 members (excludes halogenated alkanes) is 3. The van der Waals surface area contributed by atoms with E-state index in [1.54, 1.807) is 0 Å². The van der Waals surface area contributed by atoms with Crippen LogP contribution in [-0.4, -0.2) is 55.9 Å². The summed E-state index contributed by atoms with van der Waals surface area (Å²) in [5, 5.41) is 12.1. The van der Waals surface area contributed by atoms with Gasteiger partial charge in [0.2, 0.25) is 14.9 Å². The average molecular weight is 486 g/mol. The van der Waals surface area contributed by atoms with Gasteiger partial charge in [-0.25, -0.2) is 4.79 Å². The SMILES string of the molecule is CCCCCCC(=O)N(CO[SiH](c1ccccc1)c1ccccc1)[C@@H](COC(C)(C)C)C(=O)O. The van der Waals surface area contributed by atoms with Crippen molar-refractivity contribution in [3.05, 3.63) is 60.7 Å². The first-order valence-electron chi connectivity index (χ1n) is 12.1. The highest BCUT2D eigenvalue weighted by atomic mass is 28.3. The minimum absolute atomic E-state index is 0.0856. The molecule has 0 bridgehead atoms. The summed E-state index contributed by atoms with van der Waals surface area (Å²) in [5.41, 5.74) is -0.518. The van der Waals surface area contributed by atoms with E-state index in [-0.39, 0.29) is 19.2 Å². The molecule has 1 N–H and O–H groups in total. The zero-order chi connectivity index (χ0) is 25.0. The smallest absolute Gasteiger partial charge is 0.328 e. The van der Waals surface area contributed by atoms with E-state index in [1.807, 2.05) is 81.4 Å². The summed E-state index contributed by atoms with van der Waals surface area (Å²) in [6.45, 7) is 7.54. The summed E-state index contributed by atoms with van der Waals surface area (Å²) in [4.78, 5) is 26.8. The summed E-state index contributed by atoms with van der Waals surface area (Å²) in [5.74, 6) is -1.30. The number of benzene rings is 2. The molecule has 2 rings (SSSR count). The Balaban J connectivity index is 2.26. The maximum Gasteiger partial charge on any atom is 0.328 e. The highest BCUT2D eigenvalue weighted by Gasteiger charge is 2.32. The van der Waals surface area contributed by atoms with Crippen LogP contribution in [0.5, 0.6) is 0 Å². The molecule has 0 aliphatic rings. The monoisotopic (exact) mass is 485 g/mol. The first kappa shape index (κ1) is 27.8. The van der Waals surface area contributed by atoms with Crippen molar-refractivity contribution in [2.45, 2.75) is 71.4 Å². The standard InChI is InChI=1S/C27H39NO5Si/c1-5-6-7-14-19-25(29)28(24(26(30)31)20-32-27(2,3)4)21-33-34(22-15-10-8-11-16-22)23-17-12-9-13-18-23/h8-13,15-18,24,34H,5-7,14,19-21H2,1-4H3,(H,30,31)/t24-/m0/s1. The third-order valence-corrected chi connectivity index (χ3v) is 7.95. The molecule has 2 aromatic rings. The van der Waals surface area contributed by atoms with Crippen LogP contribution < -0.4 is 10.4 Å². The zero-order valence-electron chi connectivity index (χ0n) is 20.9. The van der Waals surface area contributed by atoms with Crippen LogP contribution in [0.2, 0.25) is 0 Å². The summed E-state index contributed by atoms with van der Waals surface area (Å²) >= 11 is 0. The van der Waals surface area contributed by atoms with E-state index in [4.69, 9.17) is 9.16 Å². The molecule has 34 heavy (non-hydrogen) atoms. The Morgan fingerprint density at radius 3 is 1.97 bits per heavy atom. The van der Waals surface area contributed by atoms with E-state index in [2.05, 4.69) is 6.92 Å². The first-order valence-corrected chi connectivity index (χ1v) is 13.7. The van der Waals surface area contributed by atoms with E-state index < -0.39 is 26.7 Å². The first-order chi connectivity index (χ1) is 16.2. The molecule has 1 atom stereocenters. The lowest BCUT2D eigenvalue weighted by atomic mass is 10.1. The normalized spacial score (nSPS) is 12.5. The van der Waals surface area contributed by atoms with Crippen molar-refractivity contribution in [3.8, 4) is 0 Å². The molecule has 1 amide bonds. The summed E-state index contributed by atoms with van der Waals surface area (Å²) in [6.07, 6.45) is 4.09. The van der Waals surface area contributed by atoms with Crippen LogP contribution in [0.1, 0.15) is 59.8 Å². The summed E-state index contributed by atoms with van der Waals surface area (Å²) in [6, 6.07) is 18.8. The van der Waals surface area contributed by atoms with Crippen molar-refractivity contribution in [1.29, 1.82) is 0 Å². The van der Waals surface area contributed by atoms with Gasteiger partial charge in [0.25, 0.3) is 0 Å². The number of hydrogen-bond donors (Lipinski definition) is 1. The number of hydrogen-bond acceptors (Lipinski definition) is 4. The van der Waals surface area contributed by atoms with Crippen LogP contribution in [0.4, 0.5) is 0 Å². The van der Waals surface area contributed by atoms with E-state index in [0.29, 0.717) is 6.42 Å². The van der Waals surface area contributed by atoms with Crippen LogP contribution >= 0.6 is 0 Å². The van der Waals surface area contributed by atoms with Crippen molar-refractivity contribution in [1.82, 2.24) is 4.90 Å². The number of rotatable bonds is 14. The molecule has 0 aliphatic carbocycles. The number of carbonyl (C=O) groups excluding carboxylic acids is 1. The molecule has 186 valence electrons. The molecule has 0 fully saturated rings. The lowest BCUT2D eigenvalue weighted by Gasteiger charge is -2.32. The molecule has 0 aliphatic heterocycles. The zero-order valence-corrected chi connectivity index (χ0v) is 22.1. The van der Waals surface area contributed by atoms with Gasteiger partial charge in [0.15, 0.2) is 6.04 Å². The van der Waals surface area contributed by atoms with E-state index >= 15 is 0 Å². The largest absolute Gasteiger partial charge is 0.480 e. The van der Waals surface area contributed by atoms with Crippen LogP contribution in [0, 0.1) is 0 Å². The van der Waals surface area contributed by atoms with Crippen LogP contribution in [0.15, 0.2) is 60.7 Å². The fourth-order valence-electron chi connectivity index (χ4n) is 3.60. The highest BCUT2D eigenvalue weighted by Crippen LogP contribution is 2.14. The van der Waals surface area contributed by atoms with Gasteiger partial charge in [-0.15, -0.1) is 0 Å². The van der Waals surface area contributed by atoms with E-state index in [1.165, 1.54) is 4.90 Å². The molecule has 0 heterocycles. The van der Waals surface area contributed by atoms with Gasteiger partial charge in [-0.1, -0.05) is 86.8 Å². The van der Waals surface area contributed by atoms with Crippen molar-refractivity contribution < 1.29 is 23.9 Å². The van der Waals surface area contributed by atoms with Crippen LogP contribution in [-0.2, 0) is 18.8 Å². The Morgan fingerprint density at radius 2 is 1.50 bits per heavy atom. The van der Waals surface area contributed by atoms with Crippen LogP contribution in [0.25, 0.3) is 0 Å². The Labute approximate surface area is 205 Å². The second-order valence-corrected chi connectivity index (χ2v) is 11.9. The molecule has 0 unspecified atom stereocenters. The van der Waals surface area contributed by atoms with Crippen molar-refractivity contribution in [3.63, 3.8) is 0 Å². The number of carboxylic acid groups (broad SMARTS) is 1. The Bertz CT molecular complexity index is 830. The predicted octanol–water partition coefficient (Wildman–Crippen LogP) is 3.57. The van der Waals surface area contributed by atoms with Crippen molar-refractivity contribution in [2.75, 3.05) is 13.3 Å². The number of ether oxygens (including phenoxy) is 1. The fraction of sp³-hybridized carbons (Fsp3) is 0.481. The predicted molar refractivity (Wildman–Crippen MR) is 138 cm³/mol. The van der Waals surface area contributed by atoms with Crippen LogP contribution in [0.3, 0.4) is 0 Å². The average Bonchev–Trinajstić information content (AvgIpc) is 2.81. The molecule has 0 saturated heterocycles. The van der Waals surface area contributed by atoms with Crippen molar-refractivity contribution in [2.24, 2.45) is 0 Å². The Hall–Kier alpha value is -2.48. The molecule has 7 heteroatoms.